The highest BCUT2D eigenvalue weighted by atomic mass is 32.2. The van der Waals surface area contributed by atoms with Crippen LogP contribution in [0.15, 0.2) is 0 Å². The lowest BCUT2D eigenvalue weighted by Gasteiger charge is -2.38. The molecule has 8 nitrogen and oxygen atoms in total. The van der Waals surface area contributed by atoms with E-state index in [0.717, 1.165) is 25.9 Å². The number of nitrogens with one attached hydrogen (secondary N) is 1. The molecule has 27 heavy (non-hydrogen) atoms. The lowest BCUT2D eigenvalue weighted by atomic mass is 9.93. The summed E-state index contributed by atoms with van der Waals surface area (Å²) in [6.45, 7) is 9.23. The van der Waals surface area contributed by atoms with Crippen molar-refractivity contribution in [1.82, 2.24) is 18.8 Å². The van der Waals surface area contributed by atoms with Gasteiger partial charge in [-0.1, -0.05) is 13.8 Å². The van der Waals surface area contributed by atoms with E-state index in [4.69, 9.17) is 0 Å². The van der Waals surface area contributed by atoms with Crippen LogP contribution in [0.4, 0.5) is 0 Å². The lowest BCUT2D eigenvalue weighted by molar-refractivity contribution is -0.120. The van der Waals surface area contributed by atoms with E-state index in [0.29, 0.717) is 52.0 Å². The van der Waals surface area contributed by atoms with E-state index in [1.54, 1.807) is 6.92 Å². The van der Waals surface area contributed by atoms with Crippen molar-refractivity contribution < 1.29 is 18.3 Å². The molecule has 1 amide bonds. The average molecular weight is 405 g/mol. The Morgan fingerprint density at radius 2 is 1.78 bits per heavy atom. The summed E-state index contributed by atoms with van der Waals surface area (Å²) in [6.07, 6.45) is 3.51. The van der Waals surface area contributed by atoms with Crippen molar-refractivity contribution in [3.05, 3.63) is 0 Å². The van der Waals surface area contributed by atoms with Crippen molar-refractivity contribution in [3.8, 4) is 0 Å². The second kappa shape index (κ2) is 9.65. The number of rotatable bonds is 7. The highest BCUT2D eigenvalue weighted by Crippen LogP contribution is 2.27. The molecule has 0 aromatic heterocycles. The molecule has 2 N–H and O–H groups in total. The Labute approximate surface area is 164 Å². The fourth-order valence-corrected chi connectivity index (χ4v) is 5.86. The van der Waals surface area contributed by atoms with Crippen molar-refractivity contribution in [1.29, 1.82) is 0 Å². The van der Waals surface area contributed by atoms with Gasteiger partial charge < -0.3 is 15.3 Å². The first-order valence-electron chi connectivity index (χ1n) is 10.2. The number of nitrogens with zero attached hydrogens (tertiary/aromatic N) is 3. The largest absolute Gasteiger partial charge is 0.389 e. The van der Waals surface area contributed by atoms with Gasteiger partial charge in [0.25, 0.3) is 10.2 Å². The molecule has 158 valence electrons. The Bertz CT molecular complexity index is 588. The van der Waals surface area contributed by atoms with E-state index in [1.807, 2.05) is 13.8 Å². The number of carbonyl (C=O) groups excluding carboxylic acids is 1. The molecule has 0 bridgehead atoms. The topological polar surface area (TPSA) is 93.2 Å². The fraction of sp³-hybridized carbons (Fsp3) is 0.944. The second-order valence-electron chi connectivity index (χ2n) is 7.82. The van der Waals surface area contributed by atoms with Gasteiger partial charge in [-0.2, -0.15) is 17.0 Å². The van der Waals surface area contributed by atoms with E-state index < -0.39 is 15.8 Å². The van der Waals surface area contributed by atoms with Gasteiger partial charge in [-0.15, -0.1) is 0 Å². The zero-order valence-corrected chi connectivity index (χ0v) is 17.8. The SMILES string of the molecule is CCN(CC)S(=O)(=O)N1CCC[C@@](O)(CN2CCC(NC(C)=O)CC2)CC1. The summed E-state index contributed by atoms with van der Waals surface area (Å²) in [4.78, 5) is 13.4. The second-order valence-corrected chi connectivity index (χ2v) is 9.75. The van der Waals surface area contributed by atoms with Crippen LogP contribution in [-0.2, 0) is 15.0 Å². The van der Waals surface area contributed by atoms with Crippen molar-refractivity contribution in [2.45, 2.75) is 64.5 Å². The van der Waals surface area contributed by atoms with Crippen LogP contribution in [-0.4, -0.2) is 90.4 Å². The molecule has 2 fully saturated rings. The van der Waals surface area contributed by atoms with E-state index in [9.17, 15) is 18.3 Å². The molecular formula is C18H36N4O4S. The highest BCUT2D eigenvalue weighted by Gasteiger charge is 2.37. The summed E-state index contributed by atoms with van der Waals surface area (Å²) in [6, 6.07) is 0.220. The molecule has 0 unspecified atom stereocenters. The third-order valence-corrected chi connectivity index (χ3v) is 7.93. The van der Waals surface area contributed by atoms with Gasteiger partial charge in [0.2, 0.25) is 5.91 Å². The average Bonchev–Trinajstić information content (AvgIpc) is 2.79. The molecule has 2 aliphatic heterocycles. The fourth-order valence-electron chi connectivity index (χ4n) is 4.20. The number of hydrogen-bond donors (Lipinski definition) is 2. The predicted octanol–water partition coefficient (Wildman–Crippen LogP) is 0.391. The normalized spacial score (nSPS) is 26.9. The molecule has 1 atom stereocenters. The van der Waals surface area contributed by atoms with Gasteiger partial charge in [-0.25, -0.2) is 0 Å². The number of likely N-dealkylation sites (tertiary alicyclic amines) is 1. The van der Waals surface area contributed by atoms with E-state index in [1.165, 1.54) is 8.61 Å². The smallest absolute Gasteiger partial charge is 0.281 e. The maximum absolute atomic E-state index is 12.8. The summed E-state index contributed by atoms with van der Waals surface area (Å²) in [5, 5.41) is 14.1. The van der Waals surface area contributed by atoms with E-state index >= 15 is 0 Å². The lowest BCUT2D eigenvalue weighted by Crippen LogP contribution is -2.50. The molecule has 2 saturated heterocycles. The first-order chi connectivity index (χ1) is 12.7. The van der Waals surface area contributed by atoms with Crippen molar-refractivity contribution in [2.24, 2.45) is 0 Å². The molecule has 0 radical (unpaired) electrons. The maximum atomic E-state index is 12.8. The van der Waals surface area contributed by atoms with E-state index in [2.05, 4.69) is 10.2 Å². The summed E-state index contributed by atoms with van der Waals surface area (Å²) in [7, 11) is -3.45. The van der Waals surface area contributed by atoms with Crippen LogP contribution >= 0.6 is 0 Å². The molecule has 2 aliphatic rings. The molecule has 0 aromatic carbocycles. The monoisotopic (exact) mass is 404 g/mol. The van der Waals surface area contributed by atoms with Crippen LogP contribution in [0.2, 0.25) is 0 Å². The molecular weight excluding hydrogens is 368 g/mol. The quantitative estimate of drug-likeness (QED) is 0.640. The molecule has 2 heterocycles. The number of carbonyl (C=O) groups is 1. The minimum atomic E-state index is -3.45. The Balaban J connectivity index is 1.90. The predicted molar refractivity (Wildman–Crippen MR) is 105 cm³/mol. The number of piperidine rings is 1. The highest BCUT2D eigenvalue weighted by molar-refractivity contribution is 7.86. The summed E-state index contributed by atoms with van der Waals surface area (Å²) in [5.74, 6) is 0.00495. The molecule has 0 saturated carbocycles. The number of aliphatic hydroxyl groups is 1. The Hall–Kier alpha value is -0.740. The van der Waals surface area contributed by atoms with Crippen LogP contribution in [0.1, 0.15) is 52.9 Å². The zero-order chi connectivity index (χ0) is 20.1. The molecule has 0 aliphatic carbocycles. The van der Waals surface area contributed by atoms with Gasteiger partial charge in [0, 0.05) is 58.8 Å². The zero-order valence-electron chi connectivity index (χ0n) is 17.0. The van der Waals surface area contributed by atoms with Crippen LogP contribution in [0.5, 0.6) is 0 Å². The van der Waals surface area contributed by atoms with Crippen molar-refractivity contribution >= 4 is 16.1 Å². The molecule has 9 heteroatoms. The third-order valence-electron chi connectivity index (χ3n) is 5.75. The Morgan fingerprint density at radius 3 is 2.33 bits per heavy atom. The number of amides is 1. The molecule has 0 spiro atoms. The number of β-amino-alcohol motifs (C(OH)–C–C–N with tert-alkyl or cyclic N) is 1. The van der Waals surface area contributed by atoms with Crippen molar-refractivity contribution in [2.75, 3.05) is 45.8 Å². The van der Waals surface area contributed by atoms with Crippen LogP contribution < -0.4 is 5.32 Å². The third kappa shape index (κ3) is 6.12. The first kappa shape index (κ1) is 22.5. The van der Waals surface area contributed by atoms with Crippen LogP contribution in [0.3, 0.4) is 0 Å². The molecule has 0 aromatic rings. The summed E-state index contributed by atoms with van der Waals surface area (Å²) >= 11 is 0. The van der Waals surface area contributed by atoms with Gasteiger partial charge in [-0.3, -0.25) is 4.79 Å². The Morgan fingerprint density at radius 1 is 1.15 bits per heavy atom. The maximum Gasteiger partial charge on any atom is 0.281 e. The first-order valence-corrected chi connectivity index (χ1v) is 11.6. The van der Waals surface area contributed by atoms with Crippen LogP contribution in [0, 0.1) is 0 Å². The minimum Gasteiger partial charge on any atom is -0.389 e. The van der Waals surface area contributed by atoms with Gasteiger partial charge in [0.15, 0.2) is 0 Å². The van der Waals surface area contributed by atoms with E-state index in [-0.39, 0.29) is 11.9 Å². The van der Waals surface area contributed by atoms with Gasteiger partial charge in [0.1, 0.15) is 0 Å². The molecule has 2 rings (SSSR count). The van der Waals surface area contributed by atoms with Crippen molar-refractivity contribution in [3.63, 3.8) is 0 Å². The number of hydrogen-bond acceptors (Lipinski definition) is 5. The van der Waals surface area contributed by atoms with Crippen LogP contribution in [0.25, 0.3) is 0 Å². The van der Waals surface area contributed by atoms with Gasteiger partial charge in [0.05, 0.1) is 5.60 Å². The van der Waals surface area contributed by atoms with Gasteiger partial charge >= 0.3 is 0 Å². The summed E-state index contributed by atoms with van der Waals surface area (Å²) < 4.78 is 28.5. The van der Waals surface area contributed by atoms with Gasteiger partial charge in [-0.05, 0) is 32.1 Å². The Kier molecular flexibility index (Phi) is 8.05. The standard InChI is InChI=1S/C18H36N4O4S/c1-4-21(5-2)27(25,26)22-11-6-9-18(24,10-14-22)15-20-12-7-17(8-13-20)19-16(3)23/h17,24H,4-15H2,1-3H3,(H,19,23)/t18-/m0/s1. The summed E-state index contributed by atoms with van der Waals surface area (Å²) in [5.41, 5.74) is -0.853. The minimum absolute atomic E-state index is 0.00495.